The van der Waals surface area contributed by atoms with Gasteiger partial charge in [-0.05, 0) is 52.3 Å². The lowest BCUT2D eigenvalue weighted by Gasteiger charge is -2.11. The molecule has 0 fully saturated rings. The maximum absolute atomic E-state index is 12.2. The fraction of sp³-hybridized carbons (Fsp3) is 0.0526. The van der Waals surface area contributed by atoms with Gasteiger partial charge in [0, 0.05) is 21.8 Å². The van der Waals surface area contributed by atoms with Gasteiger partial charge in [-0.2, -0.15) is 0 Å². The van der Waals surface area contributed by atoms with E-state index in [0.29, 0.717) is 22.3 Å². The smallest absolute Gasteiger partial charge is 0.262 e. The predicted octanol–water partition coefficient (Wildman–Crippen LogP) is 4.61. The van der Waals surface area contributed by atoms with Crippen LogP contribution in [0, 0.1) is 0 Å². The molecular formula is C19H14BrCl2N3O5S. The van der Waals surface area contributed by atoms with E-state index < -0.39 is 15.9 Å². The van der Waals surface area contributed by atoms with E-state index >= 15 is 0 Å². The fourth-order valence-electron chi connectivity index (χ4n) is 2.37. The number of hydrogen-bond acceptors (Lipinski definition) is 6. The average molecular weight is 547 g/mol. The molecule has 0 atom stereocenters. The normalized spacial score (nSPS) is 11.1. The zero-order chi connectivity index (χ0) is 22.6. The number of sulfonamides is 1. The minimum absolute atomic E-state index is 0.0148. The number of halogens is 3. The van der Waals surface area contributed by atoms with Crippen LogP contribution in [0.4, 0.5) is 5.69 Å². The van der Waals surface area contributed by atoms with E-state index in [4.69, 9.17) is 37.8 Å². The Morgan fingerprint density at radius 1 is 1.06 bits per heavy atom. The number of nitrogens with one attached hydrogen (secondary N) is 1. The van der Waals surface area contributed by atoms with Crippen LogP contribution in [0.5, 0.6) is 17.2 Å². The van der Waals surface area contributed by atoms with Gasteiger partial charge in [-0.3, -0.25) is 9.78 Å². The lowest BCUT2D eigenvalue weighted by molar-refractivity contribution is -0.118. The molecule has 0 aliphatic rings. The Bertz CT molecular complexity index is 1240. The summed E-state index contributed by atoms with van der Waals surface area (Å²) in [5.41, 5.74) is 0.208. The first-order valence-electron chi connectivity index (χ1n) is 8.44. The number of amides is 1. The van der Waals surface area contributed by atoms with Crippen molar-refractivity contribution >= 4 is 60.7 Å². The number of primary sulfonamides is 1. The van der Waals surface area contributed by atoms with Gasteiger partial charge in [-0.1, -0.05) is 23.2 Å². The number of rotatable bonds is 7. The number of carbonyl (C=O) groups is 1. The number of anilines is 1. The van der Waals surface area contributed by atoms with Crippen LogP contribution >= 0.6 is 39.1 Å². The Hall–Kier alpha value is -2.37. The molecule has 162 valence electrons. The second-order valence-corrected chi connectivity index (χ2v) is 9.41. The monoisotopic (exact) mass is 545 g/mol. The summed E-state index contributed by atoms with van der Waals surface area (Å²) in [5.74, 6) is 0.655. The first kappa shape index (κ1) is 23.3. The van der Waals surface area contributed by atoms with Gasteiger partial charge >= 0.3 is 0 Å². The molecule has 3 N–H and O–H groups in total. The minimum atomic E-state index is -3.90. The standard InChI is InChI=1S/C19H14BrCl2N3O5S/c20-11-3-15(9-24-8-11)30-14-5-12(21)4-13(6-14)29-10-19(26)25-18-2-1-16(7-17(18)22)31(23,27)28/h1-9H,10H2,(H,25,26)(H2,23,27,28). The lowest BCUT2D eigenvalue weighted by atomic mass is 10.3. The highest BCUT2D eigenvalue weighted by atomic mass is 79.9. The van der Waals surface area contributed by atoms with Gasteiger partial charge in [0.25, 0.3) is 5.91 Å². The van der Waals surface area contributed by atoms with Crippen molar-refractivity contribution in [3.63, 3.8) is 0 Å². The maximum atomic E-state index is 12.2. The van der Waals surface area contributed by atoms with E-state index in [1.165, 1.54) is 24.4 Å². The molecule has 0 radical (unpaired) electrons. The van der Waals surface area contributed by atoms with Crippen LogP contribution in [0.25, 0.3) is 0 Å². The van der Waals surface area contributed by atoms with Crippen LogP contribution < -0.4 is 19.9 Å². The number of aromatic nitrogens is 1. The Labute approximate surface area is 196 Å². The van der Waals surface area contributed by atoms with E-state index in [2.05, 4.69) is 26.2 Å². The van der Waals surface area contributed by atoms with Crippen LogP contribution in [0.1, 0.15) is 0 Å². The van der Waals surface area contributed by atoms with Crippen molar-refractivity contribution in [3.8, 4) is 17.2 Å². The number of pyridine rings is 1. The third-order valence-corrected chi connectivity index (χ3v) is 5.55. The van der Waals surface area contributed by atoms with Gasteiger partial charge in [-0.25, -0.2) is 13.6 Å². The first-order chi connectivity index (χ1) is 14.6. The Morgan fingerprint density at radius 3 is 2.48 bits per heavy atom. The molecule has 0 aliphatic carbocycles. The van der Waals surface area contributed by atoms with Crippen molar-refractivity contribution in [1.82, 2.24) is 4.98 Å². The van der Waals surface area contributed by atoms with Crippen molar-refractivity contribution in [2.24, 2.45) is 5.14 Å². The zero-order valence-corrected chi connectivity index (χ0v) is 19.4. The highest BCUT2D eigenvalue weighted by molar-refractivity contribution is 9.10. The van der Waals surface area contributed by atoms with Crippen molar-refractivity contribution < 1.29 is 22.7 Å². The number of nitrogens with two attached hydrogens (primary N) is 1. The minimum Gasteiger partial charge on any atom is -0.484 e. The highest BCUT2D eigenvalue weighted by Crippen LogP contribution is 2.30. The number of carbonyl (C=O) groups excluding carboxylic acids is 1. The van der Waals surface area contributed by atoms with E-state index in [0.717, 1.165) is 10.5 Å². The van der Waals surface area contributed by atoms with Crippen LogP contribution in [-0.2, 0) is 14.8 Å². The first-order valence-corrected chi connectivity index (χ1v) is 11.5. The SMILES string of the molecule is NS(=O)(=O)c1ccc(NC(=O)COc2cc(Cl)cc(Oc3cncc(Br)c3)c2)c(Cl)c1. The van der Waals surface area contributed by atoms with Gasteiger partial charge < -0.3 is 14.8 Å². The highest BCUT2D eigenvalue weighted by Gasteiger charge is 2.13. The summed E-state index contributed by atoms with van der Waals surface area (Å²) >= 11 is 15.4. The average Bonchev–Trinajstić information content (AvgIpc) is 2.67. The summed E-state index contributed by atoms with van der Waals surface area (Å²) in [6, 6.07) is 10.1. The van der Waals surface area contributed by atoms with E-state index in [1.54, 1.807) is 24.4 Å². The second kappa shape index (κ2) is 9.84. The molecular weight excluding hydrogens is 533 g/mol. The summed E-state index contributed by atoms with van der Waals surface area (Å²) in [6.07, 6.45) is 3.15. The third kappa shape index (κ3) is 6.81. The second-order valence-electron chi connectivity index (χ2n) is 6.09. The predicted molar refractivity (Wildman–Crippen MR) is 120 cm³/mol. The summed E-state index contributed by atoms with van der Waals surface area (Å²) in [4.78, 5) is 16.0. The summed E-state index contributed by atoms with van der Waals surface area (Å²) in [7, 11) is -3.90. The molecule has 0 spiro atoms. The molecule has 31 heavy (non-hydrogen) atoms. The van der Waals surface area contributed by atoms with E-state index in [9.17, 15) is 13.2 Å². The molecule has 0 saturated carbocycles. The maximum Gasteiger partial charge on any atom is 0.262 e. The molecule has 12 heteroatoms. The topological polar surface area (TPSA) is 121 Å². The molecule has 1 heterocycles. The van der Waals surface area contributed by atoms with Gasteiger partial charge in [0.15, 0.2) is 6.61 Å². The fourth-order valence-corrected chi connectivity index (χ4v) is 3.76. The molecule has 8 nitrogen and oxygen atoms in total. The quantitative estimate of drug-likeness (QED) is 0.446. The van der Waals surface area contributed by atoms with Gasteiger partial charge in [0.2, 0.25) is 10.0 Å². The van der Waals surface area contributed by atoms with Crippen LogP contribution in [0.2, 0.25) is 10.0 Å². The molecule has 0 aliphatic heterocycles. The molecule has 0 bridgehead atoms. The molecule has 1 amide bonds. The molecule has 0 unspecified atom stereocenters. The molecule has 0 saturated heterocycles. The lowest BCUT2D eigenvalue weighted by Crippen LogP contribution is -2.20. The van der Waals surface area contributed by atoms with Gasteiger partial charge in [0.1, 0.15) is 17.2 Å². The summed E-state index contributed by atoms with van der Waals surface area (Å²) < 4.78 is 34.6. The number of hydrogen-bond donors (Lipinski definition) is 2. The largest absolute Gasteiger partial charge is 0.484 e. The van der Waals surface area contributed by atoms with Crippen LogP contribution in [-0.4, -0.2) is 25.9 Å². The number of nitrogens with zero attached hydrogens (tertiary/aromatic N) is 1. The molecule has 3 rings (SSSR count). The van der Waals surface area contributed by atoms with Gasteiger partial charge in [0.05, 0.1) is 21.8 Å². The Balaban J connectivity index is 1.64. The Kier molecular flexibility index (Phi) is 7.39. The molecule has 3 aromatic rings. The zero-order valence-electron chi connectivity index (χ0n) is 15.5. The van der Waals surface area contributed by atoms with E-state index in [1.807, 2.05) is 0 Å². The van der Waals surface area contributed by atoms with Crippen molar-refractivity contribution in [3.05, 3.63) is 69.4 Å². The number of ether oxygens (including phenoxy) is 2. The van der Waals surface area contributed by atoms with Crippen molar-refractivity contribution in [2.75, 3.05) is 11.9 Å². The number of benzene rings is 2. The Morgan fingerprint density at radius 2 is 1.81 bits per heavy atom. The molecule has 1 aromatic heterocycles. The summed E-state index contributed by atoms with van der Waals surface area (Å²) in [6.45, 7) is -0.356. The molecule has 2 aromatic carbocycles. The van der Waals surface area contributed by atoms with Crippen molar-refractivity contribution in [1.29, 1.82) is 0 Å². The van der Waals surface area contributed by atoms with Crippen LogP contribution in [0.3, 0.4) is 0 Å². The van der Waals surface area contributed by atoms with E-state index in [-0.39, 0.29) is 22.2 Å². The summed E-state index contributed by atoms with van der Waals surface area (Å²) in [5, 5.41) is 7.93. The third-order valence-electron chi connectivity index (χ3n) is 3.67. The van der Waals surface area contributed by atoms with Crippen molar-refractivity contribution in [2.45, 2.75) is 4.90 Å². The van der Waals surface area contributed by atoms with Crippen LogP contribution in [0.15, 0.2) is 64.2 Å². The van der Waals surface area contributed by atoms with Gasteiger partial charge in [-0.15, -0.1) is 0 Å².